The highest BCUT2D eigenvalue weighted by Gasteiger charge is 2.20. The number of aromatic nitrogens is 3. The van der Waals surface area contributed by atoms with E-state index in [-0.39, 0.29) is 11.2 Å². The number of nitrogens with zero attached hydrogens (tertiary/aromatic N) is 3. The lowest BCUT2D eigenvalue weighted by Crippen LogP contribution is -2.23. The van der Waals surface area contributed by atoms with Crippen LogP contribution in [0.2, 0.25) is 0 Å². The minimum Gasteiger partial charge on any atom is -0.325 e. The number of carbonyl (C=O) groups is 1. The van der Waals surface area contributed by atoms with Crippen LogP contribution in [0, 0.1) is 0 Å². The number of amides is 1. The van der Waals surface area contributed by atoms with Crippen molar-refractivity contribution in [1.29, 1.82) is 0 Å². The minimum absolute atomic E-state index is 0.0504. The molecule has 0 radical (unpaired) electrons. The van der Waals surface area contributed by atoms with Crippen molar-refractivity contribution in [2.24, 2.45) is 0 Å². The molecule has 1 heterocycles. The second kappa shape index (κ2) is 9.13. The molecule has 0 unspecified atom stereocenters. The van der Waals surface area contributed by atoms with Crippen molar-refractivity contribution in [3.05, 3.63) is 84.2 Å². The number of rotatable bonds is 7. The van der Waals surface area contributed by atoms with Gasteiger partial charge < -0.3 is 9.88 Å². The predicted octanol–water partition coefficient (Wildman–Crippen LogP) is 5.16. The van der Waals surface area contributed by atoms with E-state index in [2.05, 4.69) is 45.2 Å². The van der Waals surface area contributed by atoms with Gasteiger partial charge in [0.15, 0.2) is 5.16 Å². The van der Waals surface area contributed by atoms with Crippen molar-refractivity contribution in [2.75, 3.05) is 5.32 Å². The molecule has 6 heteroatoms. The maximum Gasteiger partial charge on any atom is 0.237 e. The van der Waals surface area contributed by atoms with Crippen LogP contribution in [0.15, 0.2) is 78.0 Å². The van der Waals surface area contributed by atoms with E-state index in [1.807, 2.05) is 61.5 Å². The monoisotopic (exact) mass is 416 g/mol. The third kappa shape index (κ3) is 4.54. The molecule has 5 nitrogen and oxygen atoms in total. The highest BCUT2D eigenvalue weighted by atomic mass is 32.2. The Labute approximate surface area is 180 Å². The molecule has 152 valence electrons. The fourth-order valence-electron chi connectivity index (χ4n) is 3.36. The normalized spacial score (nSPS) is 12.1. The third-order valence-electron chi connectivity index (χ3n) is 4.98. The van der Waals surface area contributed by atoms with Crippen molar-refractivity contribution < 1.29 is 4.79 Å². The molecule has 0 bridgehead atoms. The van der Waals surface area contributed by atoms with Gasteiger partial charge in [-0.15, -0.1) is 10.2 Å². The van der Waals surface area contributed by atoms with E-state index in [0.29, 0.717) is 0 Å². The standard InChI is InChI=1S/C24H24N4OS/c1-3-28-22(15-18-9-5-4-6-10-18)26-27-24(28)30-17(2)23(29)25-21-14-13-19-11-7-8-12-20(19)16-21/h4-14,16-17H,3,15H2,1-2H3,(H,25,29)/t17-/m1/s1. The molecule has 1 atom stereocenters. The zero-order chi connectivity index (χ0) is 20.9. The summed E-state index contributed by atoms with van der Waals surface area (Å²) in [7, 11) is 0. The van der Waals surface area contributed by atoms with Gasteiger partial charge in [0.1, 0.15) is 5.82 Å². The van der Waals surface area contributed by atoms with E-state index in [1.165, 1.54) is 17.3 Å². The molecule has 0 saturated carbocycles. The van der Waals surface area contributed by atoms with E-state index in [1.54, 1.807) is 0 Å². The summed E-state index contributed by atoms with van der Waals surface area (Å²) in [4.78, 5) is 12.8. The third-order valence-corrected chi connectivity index (χ3v) is 6.06. The molecule has 0 aliphatic carbocycles. The zero-order valence-corrected chi connectivity index (χ0v) is 17.9. The first-order chi connectivity index (χ1) is 14.6. The van der Waals surface area contributed by atoms with Crippen LogP contribution >= 0.6 is 11.8 Å². The van der Waals surface area contributed by atoms with E-state index in [4.69, 9.17) is 0 Å². The first-order valence-electron chi connectivity index (χ1n) is 10.1. The lowest BCUT2D eigenvalue weighted by Gasteiger charge is -2.13. The number of benzene rings is 3. The van der Waals surface area contributed by atoms with Crippen LogP contribution in [0.5, 0.6) is 0 Å². The number of hydrogen-bond donors (Lipinski definition) is 1. The van der Waals surface area contributed by atoms with Crippen molar-refractivity contribution in [3.8, 4) is 0 Å². The van der Waals surface area contributed by atoms with E-state index in [9.17, 15) is 4.79 Å². The van der Waals surface area contributed by atoms with Crippen molar-refractivity contribution in [1.82, 2.24) is 14.8 Å². The average molecular weight is 417 g/mol. The summed E-state index contributed by atoms with van der Waals surface area (Å²) >= 11 is 1.43. The topological polar surface area (TPSA) is 59.8 Å². The Morgan fingerprint density at radius 2 is 1.73 bits per heavy atom. The van der Waals surface area contributed by atoms with Gasteiger partial charge in [0.05, 0.1) is 5.25 Å². The van der Waals surface area contributed by atoms with Crippen LogP contribution in [0.1, 0.15) is 25.2 Å². The van der Waals surface area contributed by atoms with Gasteiger partial charge >= 0.3 is 0 Å². The average Bonchev–Trinajstić information content (AvgIpc) is 3.15. The Morgan fingerprint density at radius 3 is 2.50 bits per heavy atom. The molecule has 3 aromatic carbocycles. The van der Waals surface area contributed by atoms with Gasteiger partial charge in [-0.3, -0.25) is 4.79 Å². The molecule has 4 aromatic rings. The molecule has 0 aliphatic rings. The molecule has 4 rings (SSSR count). The Morgan fingerprint density at radius 1 is 1.00 bits per heavy atom. The van der Waals surface area contributed by atoms with Crippen LogP contribution in [0.4, 0.5) is 5.69 Å². The quantitative estimate of drug-likeness (QED) is 0.423. The van der Waals surface area contributed by atoms with Crippen molar-refractivity contribution >= 4 is 34.1 Å². The van der Waals surface area contributed by atoms with E-state index >= 15 is 0 Å². The summed E-state index contributed by atoms with van der Waals surface area (Å²) in [6.45, 7) is 4.73. The molecule has 1 aromatic heterocycles. The Kier molecular flexibility index (Phi) is 6.14. The summed E-state index contributed by atoms with van der Waals surface area (Å²) in [5.74, 6) is 0.860. The van der Waals surface area contributed by atoms with Crippen molar-refractivity contribution in [3.63, 3.8) is 0 Å². The molecule has 0 spiro atoms. The molecule has 1 N–H and O–H groups in total. The number of nitrogens with one attached hydrogen (secondary N) is 1. The van der Waals surface area contributed by atoms with Gasteiger partial charge in [0.25, 0.3) is 0 Å². The van der Waals surface area contributed by atoms with Crippen LogP contribution in [-0.2, 0) is 17.8 Å². The fraction of sp³-hybridized carbons (Fsp3) is 0.208. The number of hydrogen-bond acceptors (Lipinski definition) is 4. The zero-order valence-electron chi connectivity index (χ0n) is 17.1. The predicted molar refractivity (Wildman–Crippen MR) is 123 cm³/mol. The summed E-state index contributed by atoms with van der Waals surface area (Å²) in [6.07, 6.45) is 0.722. The second-order valence-corrected chi connectivity index (χ2v) is 8.42. The van der Waals surface area contributed by atoms with Crippen LogP contribution < -0.4 is 5.32 Å². The summed E-state index contributed by atoms with van der Waals surface area (Å²) in [6, 6.07) is 24.3. The molecule has 30 heavy (non-hydrogen) atoms. The number of carbonyl (C=O) groups excluding carboxylic acids is 1. The summed E-state index contributed by atoms with van der Waals surface area (Å²) in [5.41, 5.74) is 1.99. The number of fused-ring (bicyclic) bond motifs is 1. The SMILES string of the molecule is CCn1c(Cc2ccccc2)nnc1S[C@H](C)C(=O)Nc1ccc2ccccc2c1. The molecule has 1 amide bonds. The van der Waals surface area contributed by atoms with Gasteiger partial charge in [-0.2, -0.15) is 0 Å². The van der Waals surface area contributed by atoms with Crippen molar-refractivity contribution in [2.45, 2.75) is 37.2 Å². The first kappa shape index (κ1) is 20.2. The maximum atomic E-state index is 12.8. The molecule has 0 saturated heterocycles. The summed E-state index contributed by atoms with van der Waals surface area (Å²) < 4.78 is 2.08. The molecular weight excluding hydrogens is 392 g/mol. The van der Waals surface area contributed by atoms with E-state index < -0.39 is 0 Å². The van der Waals surface area contributed by atoms with Gasteiger partial charge in [-0.1, -0.05) is 72.4 Å². The van der Waals surface area contributed by atoms with E-state index in [0.717, 1.165) is 40.4 Å². The van der Waals surface area contributed by atoms with Crippen LogP contribution in [0.3, 0.4) is 0 Å². The highest BCUT2D eigenvalue weighted by Crippen LogP contribution is 2.25. The summed E-state index contributed by atoms with van der Waals surface area (Å²) in [5, 5.41) is 14.5. The number of anilines is 1. The Hall–Kier alpha value is -3.12. The molecular formula is C24H24N4OS. The first-order valence-corrected chi connectivity index (χ1v) is 10.9. The largest absolute Gasteiger partial charge is 0.325 e. The van der Waals surface area contributed by atoms with Crippen LogP contribution in [-0.4, -0.2) is 25.9 Å². The Balaban J connectivity index is 1.44. The fourth-order valence-corrected chi connectivity index (χ4v) is 4.29. The molecule has 0 fully saturated rings. The Bertz CT molecular complexity index is 1160. The highest BCUT2D eigenvalue weighted by molar-refractivity contribution is 8.00. The lowest BCUT2D eigenvalue weighted by atomic mass is 10.1. The van der Waals surface area contributed by atoms with Gasteiger partial charge in [0, 0.05) is 18.7 Å². The van der Waals surface area contributed by atoms with Gasteiger partial charge in [0.2, 0.25) is 5.91 Å². The van der Waals surface area contributed by atoms with Gasteiger partial charge in [-0.05, 0) is 42.3 Å². The van der Waals surface area contributed by atoms with Crippen LogP contribution in [0.25, 0.3) is 10.8 Å². The molecule has 0 aliphatic heterocycles. The number of thioether (sulfide) groups is 1. The maximum absolute atomic E-state index is 12.8. The smallest absolute Gasteiger partial charge is 0.237 e. The van der Waals surface area contributed by atoms with Gasteiger partial charge in [-0.25, -0.2) is 0 Å². The minimum atomic E-state index is -0.296. The second-order valence-electron chi connectivity index (χ2n) is 7.12. The lowest BCUT2D eigenvalue weighted by molar-refractivity contribution is -0.115.